The number of likely N-dealkylation sites (tertiary alicyclic amines) is 1. The molecule has 1 saturated heterocycles. The highest BCUT2D eigenvalue weighted by Crippen LogP contribution is 2.40. The van der Waals surface area contributed by atoms with Crippen LogP contribution in [0.2, 0.25) is 0 Å². The van der Waals surface area contributed by atoms with Crippen LogP contribution in [0.4, 0.5) is 0 Å². The van der Waals surface area contributed by atoms with Crippen molar-refractivity contribution in [1.29, 1.82) is 0 Å². The molecule has 1 fully saturated rings. The van der Waals surface area contributed by atoms with E-state index in [4.69, 9.17) is 28.8 Å². The van der Waals surface area contributed by atoms with Crippen LogP contribution < -0.4 is 18.9 Å². The Labute approximate surface area is 229 Å². The normalized spacial score (nSPS) is 19.3. The molecule has 2 atom stereocenters. The Morgan fingerprint density at radius 1 is 0.949 bits per heavy atom. The minimum Gasteiger partial charge on any atom is -0.497 e. The smallest absolute Gasteiger partial charge is 0.310 e. The summed E-state index contributed by atoms with van der Waals surface area (Å²) in [5.74, 6) is 1.88. The molecule has 210 valence electrons. The van der Waals surface area contributed by atoms with Crippen molar-refractivity contribution >= 4 is 17.6 Å². The number of hydrogen-bond acceptors (Lipinski definition) is 9. The van der Waals surface area contributed by atoms with E-state index in [-0.39, 0.29) is 30.4 Å². The zero-order valence-corrected chi connectivity index (χ0v) is 23.3. The number of esters is 1. The van der Waals surface area contributed by atoms with Crippen molar-refractivity contribution < 1.29 is 33.3 Å². The Hall–Kier alpha value is -3.79. The van der Waals surface area contributed by atoms with Crippen LogP contribution in [-0.2, 0) is 14.3 Å². The first-order chi connectivity index (χ1) is 18.9. The average molecular weight is 540 g/mol. The molecule has 1 amide bonds. The van der Waals surface area contributed by atoms with Crippen molar-refractivity contribution in [1.82, 2.24) is 9.91 Å². The number of carbonyl (C=O) groups excluding carboxylic acids is 2. The fourth-order valence-corrected chi connectivity index (χ4v) is 5.18. The molecule has 10 nitrogen and oxygen atoms in total. The number of hydrazone groups is 1. The van der Waals surface area contributed by atoms with Gasteiger partial charge in [-0.3, -0.25) is 14.5 Å². The van der Waals surface area contributed by atoms with Gasteiger partial charge in [-0.2, -0.15) is 5.10 Å². The Kier molecular flexibility index (Phi) is 9.29. The number of hydrogen-bond donors (Lipinski definition) is 0. The molecule has 0 spiro atoms. The molecule has 2 heterocycles. The molecule has 0 bridgehead atoms. The van der Waals surface area contributed by atoms with E-state index in [1.807, 2.05) is 35.2 Å². The maximum absolute atomic E-state index is 13.8. The summed E-state index contributed by atoms with van der Waals surface area (Å²) >= 11 is 0. The number of nitrogens with zero attached hydrogens (tertiary/aromatic N) is 3. The van der Waals surface area contributed by atoms with Gasteiger partial charge in [0.15, 0.2) is 11.5 Å². The van der Waals surface area contributed by atoms with Crippen LogP contribution >= 0.6 is 0 Å². The molecule has 2 aliphatic rings. The maximum atomic E-state index is 13.8. The van der Waals surface area contributed by atoms with Gasteiger partial charge in [-0.05, 0) is 56.6 Å². The van der Waals surface area contributed by atoms with E-state index in [1.165, 1.54) is 0 Å². The van der Waals surface area contributed by atoms with Crippen molar-refractivity contribution in [3.8, 4) is 23.0 Å². The van der Waals surface area contributed by atoms with Gasteiger partial charge in [-0.25, -0.2) is 5.01 Å². The second-order valence-corrected chi connectivity index (χ2v) is 9.51. The highest BCUT2D eigenvalue weighted by molar-refractivity contribution is 6.03. The predicted molar refractivity (Wildman–Crippen MR) is 146 cm³/mol. The molecule has 2 aromatic rings. The number of carbonyl (C=O) groups is 2. The summed E-state index contributed by atoms with van der Waals surface area (Å²) in [4.78, 5) is 28.1. The summed E-state index contributed by atoms with van der Waals surface area (Å²) in [5.41, 5.74) is 2.41. The molecule has 2 aliphatic heterocycles. The second-order valence-electron chi connectivity index (χ2n) is 9.51. The molecule has 4 rings (SSSR count). The zero-order valence-electron chi connectivity index (χ0n) is 23.3. The van der Waals surface area contributed by atoms with Crippen LogP contribution in [0.25, 0.3) is 0 Å². The van der Waals surface area contributed by atoms with E-state index in [1.54, 1.807) is 46.4 Å². The lowest BCUT2D eigenvalue weighted by molar-refractivity contribution is -0.150. The van der Waals surface area contributed by atoms with E-state index in [2.05, 4.69) is 0 Å². The van der Waals surface area contributed by atoms with Gasteiger partial charge in [0, 0.05) is 30.2 Å². The molecule has 0 saturated carbocycles. The van der Waals surface area contributed by atoms with Gasteiger partial charge in [0.25, 0.3) is 5.91 Å². The lowest BCUT2D eigenvalue weighted by atomic mass is 9.96. The quantitative estimate of drug-likeness (QED) is 0.422. The van der Waals surface area contributed by atoms with Gasteiger partial charge in [-0.1, -0.05) is 0 Å². The van der Waals surface area contributed by atoms with Crippen LogP contribution in [-0.4, -0.2) is 82.2 Å². The number of ether oxygens (including phenoxy) is 5. The summed E-state index contributed by atoms with van der Waals surface area (Å²) in [7, 11) is 6.37. The third-order valence-electron chi connectivity index (χ3n) is 7.17. The summed E-state index contributed by atoms with van der Waals surface area (Å²) in [6.07, 6.45) is 2.07. The molecular formula is C29H37N3O7. The van der Waals surface area contributed by atoms with Crippen molar-refractivity contribution in [2.75, 3.05) is 54.7 Å². The van der Waals surface area contributed by atoms with Crippen LogP contribution in [0.1, 0.15) is 43.4 Å². The van der Waals surface area contributed by atoms with Crippen LogP contribution in [0.3, 0.4) is 0 Å². The summed E-state index contributed by atoms with van der Waals surface area (Å²) in [6, 6.07) is 10.8. The van der Waals surface area contributed by atoms with Crippen molar-refractivity contribution in [2.24, 2.45) is 11.0 Å². The number of piperidine rings is 1. The largest absolute Gasteiger partial charge is 0.497 e. The number of methoxy groups -OCH3 is 4. The lowest BCUT2D eigenvalue weighted by Crippen LogP contribution is -2.44. The van der Waals surface area contributed by atoms with Crippen molar-refractivity contribution in [3.05, 3.63) is 47.5 Å². The fourth-order valence-electron chi connectivity index (χ4n) is 5.18. The molecule has 10 heteroatoms. The van der Waals surface area contributed by atoms with Gasteiger partial charge >= 0.3 is 5.97 Å². The zero-order chi connectivity index (χ0) is 27.9. The van der Waals surface area contributed by atoms with Gasteiger partial charge < -0.3 is 23.7 Å². The third kappa shape index (κ3) is 6.27. The second kappa shape index (κ2) is 12.8. The topological polar surface area (TPSA) is 99.1 Å². The van der Waals surface area contributed by atoms with Crippen LogP contribution in [0, 0.1) is 5.92 Å². The molecule has 0 aliphatic carbocycles. The highest BCUT2D eigenvalue weighted by atomic mass is 16.5. The van der Waals surface area contributed by atoms with Crippen molar-refractivity contribution in [3.63, 3.8) is 0 Å². The summed E-state index contributed by atoms with van der Waals surface area (Å²) in [5, 5.41) is 6.36. The number of amides is 1. The molecule has 0 radical (unpaired) electrons. The van der Waals surface area contributed by atoms with E-state index < -0.39 is 0 Å². The Balaban J connectivity index is 1.63. The highest BCUT2D eigenvalue weighted by Gasteiger charge is 2.37. The molecule has 2 aromatic carbocycles. The first kappa shape index (κ1) is 28.2. The number of benzene rings is 2. The van der Waals surface area contributed by atoms with Gasteiger partial charge in [0.05, 0.1) is 59.3 Å². The molecule has 0 unspecified atom stereocenters. The van der Waals surface area contributed by atoms with Gasteiger partial charge in [0.2, 0.25) is 0 Å². The van der Waals surface area contributed by atoms with Crippen LogP contribution in [0.15, 0.2) is 41.5 Å². The van der Waals surface area contributed by atoms with E-state index in [0.717, 1.165) is 36.2 Å². The summed E-state index contributed by atoms with van der Waals surface area (Å²) < 4.78 is 27.2. The van der Waals surface area contributed by atoms with Crippen molar-refractivity contribution in [2.45, 2.75) is 32.2 Å². The minimum absolute atomic E-state index is 0.146. The molecular weight excluding hydrogens is 502 g/mol. The monoisotopic (exact) mass is 539 g/mol. The Bertz CT molecular complexity index is 1220. The minimum atomic E-state index is -0.382. The maximum Gasteiger partial charge on any atom is 0.310 e. The molecule has 0 N–H and O–H groups in total. The Morgan fingerprint density at radius 2 is 1.72 bits per heavy atom. The van der Waals surface area contributed by atoms with E-state index in [0.29, 0.717) is 42.6 Å². The van der Waals surface area contributed by atoms with Crippen LogP contribution in [0.5, 0.6) is 23.0 Å². The standard InChI is InChI=1S/C29H37N3O7/c1-6-39-29(34)20-8-7-13-31(17-20)18-28(33)32-24(22-11-10-21(35-2)15-26(22)37-4)16-23(30-32)19-9-12-25(36-3)27(14-19)38-5/h9-12,14-15,20,24H,6-8,13,16-18H2,1-5H3/t20-,24+/m0/s1. The van der Waals surface area contributed by atoms with E-state index in [9.17, 15) is 9.59 Å². The fraction of sp³-hybridized carbons (Fsp3) is 0.483. The Morgan fingerprint density at radius 3 is 2.41 bits per heavy atom. The van der Waals surface area contributed by atoms with E-state index >= 15 is 0 Å². The molecule has 39 heavy (non-hydrogen) atoms. The molecule has 0 aromatic heterocycles. The SMILES string of the molecule is CCOC(=O)[C@H]1CCCN(CC(=O)N2N=C(c3ccc(OC)c(OC)c3)C[C@@H]2c2ccc(OC)cc2OC)C1. The first-order valence-corrected chi connectivity index (χ1v) is 13.1. The van der Waals surface area contributed by atoms with Gasteiger partial charge in [0.1, 0.15) is 11.5 Å². The third-order valence-corrected chi connectivity index (χ3v) is 7.17. The predicted octanol–water partition coefficient (Wildman–Crippen LogP) is 3.67. The first-order valence-electron chi connectivity index (χ1n) is 13.1. The lowest BCUT2D eigenvalue weighted by Gasteiger charge is -2.32. The average Bonchev–Trinajstić information content (AvgIpc) is 3.42. The summed E-state index contributed by atoms with van der Waals surface area (Å²) in [6.45, 7) is 3.52. The van der Waals surface area contributed by atoms with Gasteiger partial charge in [-0.15, -0.1) is 0 Å². The number of rotatable bonds is 10.